The molecule has 3 aromatic rings. The molecule has 4 rings (SSSR count). The maximum atomic E-state index is 13.2. The van der Waals surface area contributed by atoms with Crippen LogP contribution in [0.15, 0.2) is 36.5 Å². The lowest BCUT2D eigenvalue weighted by Gasteiger charge is -2.32. The van der Waals surface area contributed by atoms with Gasteiger partial charge in [0.05, 0.1) is 7.11 Å². The summed E-state index contributed by atoms with van der Waals surface area (Å²) < 4.78 is 18.4. The number of hydrogen-bond acceptors (Lipinski definition) is 4. The summed E-state index contributed by atoms with van der Waals surface area (Å²) in [6.45, 7) is 2.76. The summed E-state index contributed by atoms with van der Waals surface area (Å²) in [4.78, 5) is 34.2. The lowest BCUT2D eigenvalue weighted by molar-refractivity contribution is 0.0686. The summed E-state index contributed by atoms with van der Waals surface area (Å²) in [6, 6.07) is 8.31. The minimum Gasteiger partial charge on any atom is -0.480 e. The molecule has 0 radical (unpaired) electrons. The largest absolute Gasteiger partial charge is 0.480 e. The van der Waals surface area contributed by atoms with Crippen LogP contribution < -0.4 is 4.74 Å². The van der Waals surface area contributed by atoms with E-state index in [1.54, 1.807) is 12.3 Å². The van der Waals surface area contributed by atoms with Crippen molar-refractivity contribution < 1.29 is 18.7 Å². The minimum absolute atomic E-state index is 0.0896. The summed E-state index contributed by atoms with van der Waals surface area (Å²) in [7, 11) is 1.48. The van der Waals surface area contributed by atoms with Crippen LogP contribution in [0.5, 0.6) is 5.88 Å². The zero-order valence-corrected chi connectivity index (χ0v) is 17.1. The number of hydrogen-bond donors (Lipinski definition) is 1. The molecule has 0 aliphatic carbocycles. The number of aromatic amines is 1. The van der Waals surface area contributed by atoms with Gasteiger partial charge >= 0.3 is 0 Å². The van der Waals surface area contributed by atoms with E-state index in [-0.39, 0.29) is 23.4 Å². The van der Waals surface area contributed by atoms with Gasteiger partial charge in [-0.25, -0.2) is 4.39 Å². The third-order valence-corrected chi connectivity index (χ3v) is 5.77. The number of piperidine rings is 1. The fourth-order valence-corrected chi connectivity index (χ4v) is 4.09. The maximum absolute atomic E-state index is 13.2. The predicted molar refractivity (Wildman–Crippen MR) is 111 cm³/mol. The van der Waals surface area contributed by atoms with Gasteiger partial charge in [-0.2, -0.15) is 4.98 Å². The van der Waals surface area contributed by atoms with Crippen molar-refractivity contribution in [3.8, 4) is 5.88 Å². The second-order valence-electron chi connectivity index (χ2n) is 7.77. The molecule has 1 saturated heterocycles. The number of amides is 1. The zero-order valence-electron chi connectivity index (χ0n) is 17.1. The first-order valence-corrected chi connectivity index (χ1v) is 10.1. The van der Waals surface area contributed by atoms with Crippen LogP contribution in [0.1, 0.15) is 46.0 Å². The van der Waals surface area contributed by atoms with Crippen molar-refractivity contribution in [1.29, 1.82) is 0 Å². The van der Waals surface area contributed by atoms with Crippen molar-refractivity contribution in [2.75, 3.05) is 20.2 Å². The van der Waals surface area contributed by atoms with Crippen molar-refractivity contribution in [2.45, 2.75) is 26.2 Å². The van der Waals surface area contributed by atoms with Gasteiger partial charge in [0.15, 0.2) is 5.78 Å². The number of benzene rings is 1. The molecule has 3 heterocycles. The Morgan fingerprint density at radius 3 is 2.53 bits per heavy atom. The first-order valence-electron chi connectivity index (χ1n) is 10.1. The number of aromatic nitrogens is 2. The zero-order chi connectivity index (χ0) is 21.3. The number of nitrogens with zero attached hydrogens (tertiary/aromatic N) is 2. The number of ether oxygens (including phenoxy) is 1. The van der Waals surface area contributed by atoms with Crippen LogP contribution >= 0.6 is 0 Å². The Hall–Kier alpha value is -3.22. The number of rotatable bonds is 5. The number of H-pyrrole nitrogens is 1. The van der Waals surface area contributed by atoms with Crippen LogP contribution in [0.2, 0.25) is 0 Å². The monoisotopic (exact) mass is 409 g/mol. The third kappa shape index (κ3) is 3.92. The van der Waals surface area contributed by atoms with E-state index in [2.05, 4.69) is 9.97 Å². The lowest BCUT2D eigenvalue weighted by Crippen LogP contribution is -2.39. The number of halogens is 1. The van der Waals surface area contributed by atoms with Crippen LogP contribution in [0, 0.1) is 11.7 Å². The highest BCUT2D eigenvalue weighted by Crippen LogP contribution is 2.28. The summed E-state index contributed by atoms with van der Waals surface area (Å²) >= 11 is 0. The molecule has 1 fully saturated rings. The van der Waals surface area contributed by atoms with Gasteiger partial charge < -0.3 is 14.6 Å². The number of carbonyl (C=O) groups excluding carboxylic acids is 2. The number of methoxy groups -OCH3 is 1. The highest BCUT2D eigenvalue weighted by Gasteiger charge is 2.27. The van der Waals surface area contributed by atoms with Crippen molar-refractivity contribution in [3.05, 3.63) is 59.0 Å². The Kier molecular flexibility index (Phi) is 5.53. The standard InChI is InChI=1S/C23H24FN3O3/c1-14(28)20-13-25-21-18(20)12-19(22(26-21)30-2)23(29)27-9-7-16(8-10-27)11-15-3-5-17(24)6-4-15/h3-6,12-13,16H,7-11H2,1-2H3,(H,25,26). The molecule has 1 aliphatic rings. The average molecular weight is 409 g/mol. The topological polar surface area (TPSA) is 75.3 Å². The SMILES string of the molecule is COc1nc2[nH]cc(C(C)=O)c2cc1C(=O)N1CCC(Cc2ccc(F)cc2)CC1. The highest BCUT2D eigenvalue weighted by atomic mass is 19.1. The molecule has 30 heavy (non-hydrogen) atoms. The van der Waals surface area contributed by atoms with E-state index in [0.717, 1.165) is 24.8 Å². The van der Waals surface area contributed by atoms with E-state index in [1.165, 1.54) is 26.2 Å². The summed E-state index contributed by atoms with van der Waals surface area (Å²) in [6.07, 6.45) is 4.24. The molecular weight excluding hydrogens is 385 g/mol. The molecule has 1 aliphatic heterocycles. The number of ketones is 1. The highest BCUT2D eigenvalue weighted by molar-refractivity contribution is 6.08. The number of Topliss-reactive ketones (excluding diaryl/α,β-unsaturated/α-hetero) is 1. The van der Waals surface area contributed by atoms with E-state index in [9.17, 15) is 14.0 Å². The number of likely N-dealkylation sites (tertiary alicyclic amines) is 1. The number of carbonyl (C=O) groups is 2. The van der Waals surface area contributed by atoms with Crippen LogP contribution in [0.4, 0.5) is 4.39 Å². The van der Waals surface area contributed by atoms with Crippen LogP contribution in [0.25, 0.3) is 11.0 Å². The van der Waals surface area contributed by atoms with E-state index in [0.29, 0.717) is 41.2 Å². The van der Waals surface area contributed by atoms with Crippen molar-refractivity contribution in [2.24, 2.45) is 5.92 Å². The van der Waals surface area contributed by atoms with Gasteiger partial charge in [0.25, 0.3) is 5.91 Å². The number of pyridine rings is 1. The lowest BCUT2D eigenvalue weighted by atomic mass is 9.90. The van der Waals surface area contributed by atoms with Gasteiger partial charge in [-0.3, -0.25) is 9.59 Å². The van der Waals surface area contributed by atoms with Crippen molar-refractivity contribution in [3.63, 3.8) is 0 Å². The average Bonchev–Trinajstić information content (AvgIpc) is 3.17. The fraction of sp³-hybridized carbons (Fsp3) is 0.348. The Balaban J connectivity index is 1.49. The molecule has 0 bridgehead atoms. The molecule has 156 valence electrons. The Bertz CT molecular complexity index is 1080. The quantitative estimate of drug-likeness (QED) is 0.646. The first-order chi connectivity index (χ1) is 14.5. The van der Waals surface area contributed by atoms with E-state index >= 15 is 0 Å². The summed E-state index contributed by atoms with van der Waals surface area (Å²) in [5.41, 5.74) is 2.50. The number of nitrogens with one attached hydrogen (secondary N) is 1. The minimum atomic E-state index is -0.228. The Morgan fingerprint density at radius 1 is 1.20 bits per heavy atom. The predicted octanol–water partition coefficient (Wildman–Crippen LogP) is 4.01. The van der Waals surface area contributed by atoms with Gasteiger partial charge in [0.1, 0.15) is 17.0 Å². The molecule has 1 aromatic carbocycles. The maximum Gasteiger partial charge on any atom is 0.259 e. The first kappa shape index (κ1) is 20.1. The van der Waals surface area contributed by atoms with Crippen LogP contribution in [0.3, 0.4) is 0 Å². The molecule has 0 atom stereocenters. The smallest absolute Gasteiger partial charge is 0.259 e. The Morgan fingerprint density at radius 2 is 1.90 bits per heavy atom. The molecular formula is C23H24FN3O3. The van der Waals surface area contributed by atoms with Gasteiger partial charge in [0.2, 0.25) is 5.88 Å². The molecule has 0 spiro atoms. The molecule has 6 nitrogen and oxygen atoms in total. The second-order valence-corrected chi connectivity index (χ2v) is 7.77. The third-order valence-electron chi connectivity index (χ3n) is 5.77. The molecule has 2 aromatic heterocycles. The Labute approximate surface area is 174 Å². The van der Waals surface area contributed by atoms with Gasteiger partial charge in [-0.1, -0.05) is 12.1 Å². The number of fused-ring (bicyclic) bond motifs is 1. The van der Waals surface area contributed by atoms with Gasteiger partial charge in [-0.15, -0.1) is 0 Å². The van der Waals surface area contributed by atoms with Gasteiger partial charge in [0, 0.05) is 30.2 Å². The van der Waals surface area contributed by atoms with Crippen LogP contribution in [-0.4, -0.2) is 46.8 Å². The van der Waals surface area contributed by atoms with Crippen molar-refractivity contribution in [1.82, 2.24) is 14.9 Å². The normalized spacial score (nSPS) is 14.8. The summed E-state index contributed by atoms with van der Waals surface area (Å²) in [5.74, 6) is 0.244. The summed E-state index contributed by atoms with van der Waals surface area (Å²) in [5, 5.41) is 0.623. The molecule has 1 N–H and O–H groups in total. The van der Waals surface area contributed by atoms with Crippen LogP contribution in [-0.2, 0) is 6.42 Å². The van der Waals surface area contributed by atoms with E-state index in [4.69, 9.17) is 4.74 Å². The molecule has 1 amide bonds. The van der Waals surface area contributed by atoms with E-state index < -0.39 is 0 Å². The van der Waals surface area contributed by atoms with E-state index in [1.807, 2.05) is 17.0 Å². The molecule has 0 unspecified atom stereocenters. The fourth-order valence-electron chi connectivity index (χ4n) is 4.09. The van der Waals surface area contributed by atoms with Crippen molar-refractivity contribution >= 4 is 22.7 Å². The molecule has 7 heteroatoms. The second kappa shape index (κ2) is 8.26. The van der Waals surface area contributed by atoms with Gasteiger partial charge in [-0.05, 0) is 55.9 Å². The molecule has 0 saturated carbocycles.